The lowest BCUT2D eigenvalue weighted by molar-refractivity contribution is 0.0716. The van der Waals surface area contributed by atoms with Crippen molar-refractivity contribution >= 4 is 5.91 Å². The number of carbonyl (C=O) groups is 1. The second-order valence-corrected chi connectivity index (χ2v) is 7.58. The van der Waals surface area contributed by atoms with Gasteiger partial charge in [-0.3, -0.25) is 14.5 Å². The molecule has 2 aromatic heterocycles. The summed E-state index contributed by atoms with van der Waals surface area (Å²) < 4.78 is 7.48. The Balaban J connectivity index is 1.80. The van der Waals surface area contributed by atoms with E-state index in [1.165, 1.54) is 0 Å². The average molecular weight is 408 g/mol. The van der Waals surface area contributed by atoms with Crippen LogP contribution in [0.2, 0.25) is 0 Å². The molecule has 7 nitrogen and oxygen atoms in total. The Bertz CT molecular complexity index is 969. The van der Waals surface area contributed by atoms with Crippen molar-refractivity contribution in [2.75, 3.05) is 27.2 Å². The van der Waals surface area contributed by atoms with Gasteiger partial charge in [0.25, 0.3) is 5.91 Å². The van der Waals surface area contributed by atoms with Gasteiger partial charge in [0.2, 0.25) is 0 Å². The SMILES string of the molecule is Cc1cc(C(=O)N(Cc2cccc(OCCN(C)C)c2)Cc2ccccn2)n(C)n1. The number of carbonyl (C=O) groups excluding carboxylic acids is 1. The van der Waals surface area contributed by atoms with Crippen molar-refractivity contribution in [2.24, 2.45) is 7.05 Å². The number of ether oxygens (including phenoxy) is 1. The van der Waals surface area contributed by atoms with Crippen LogP contribution in [0, 0.1) is 6.92 Å². The van der Waals surface area contributed by atoms with Crippen molar-refractivity contribution in [3.8, 4) is 5.75 Å². The molecule has 2 heterocycles. The molecule has 1 amide bonds. The van der Waals surface area contributed by atoms with Gasteiger partial charge in [0, 0.05) is 26.3 Å². The number of rotatable bonds is 9. The van der Waals surface area contributed by atoms with Crippen molar-refractivity contribution in [2.45, 2.75) is 20.0 Å². The van der Waals surface area contributed by atoms with E-state index in [1.807, 2.05) is 69.6 Å². The van der Waals surface area contributed by atoms with E-state index < -0.39 is 0 Å². The van der Waals surface area contributed by atoms with Gasteiger partial charge in [-0.05, 0) is 56.9 Å². The first-order chi connectivity index (χ1) is 14.4. The minimum Gasteiger partial charge on any atom is -0.492 e. The Kier molecular flexibility index (Phi) is 7.19. The third-order valence-corrected chi connectivity index (χ3v) is 4.67. The monoisotopic (exact) mass is 407 g/mol. The van der Waals surface area contributed by atoms with Gasteiger partial charge in [-0.1, -0.05) is 18.2 Å². The number of hydrogen-bond acceptors (Lipinski definition) is 5. The Morgan fingerprint density at radius 2 is 1.93 bits per heavy atom. The standard InChI is InChI=1S/C23H29N5O2/c1-18-14-22(27(4)25-18)23(29)28(17-20-9-5-6-11-24-20)16-19-8-7-10-21(15-19)30-13-12-26(2)3/h5-11,14-15H,12-13,16-17H2,1-4H3. The van der Waals surface area contributed by atoms with Gasteiger partial charge in [0.15, 0.2) is 0 Å². The predicted molar refractivity (Wildman–Crippen MR) is 116 cm³/mol. The summed E-state index contributed by atoms with van der Waals surface area (Å²) in [7, 11) is 5.82. The van der Waals surface area contributed by atoms with Crippen LogP contribution in [0.4, 0.5) is 0 Å². The van der Waals surface area contributed by atoms with E-state index in [2.05, 4.69) is 15.0 Å². The van der Waals surface area contributed by atoms with Crippen LogP contribution >= 0.6 is 0 Å². The molecule has 0 atom stereocenters. The lowest BCUT2D eigenvalue weighted by atomic mass is 10.1. The lowest BCUT2D eigenvalue weighted by Crippen LogP contribution is -2.32. The molecule has 0 radical (unpaired) electrons. The van der Waals surface area contributed by atoms with Gasteiger partial charge in [0.05, 0.1) is 17.9 Å². The summed E-state index contributed by atoms with van der Waals surface area (Å²) >= 11 is 0. The second kappa shape index (κ2) is 10.0. The molecule has 3 rings (SSSR count). The summed E-state index contributed by atoms with van der Waals surface area (Å²) in [6, 6.07) is 15.4. The Labute approximate surface area is 177 Å². The smallest absolute Gasteiger partial charge is 0.272 e. The van der Waals surface area contributed by atoms with Gasteiger partial charge < -0.3 is 14.5 Å². The fraction of sp³-hybridized carbons (Fsp3) is 0.348. The van der Waals surface area contributed by atoms with Crippen LogP contribution in [0.15, 0.2) is 54.7 Å². The van der Waals surface area contributed by atoms with E-state index in [0.717, 1.165) is 29.2 Å². The predicted octanol–water partition coefficient (Wildman–Crippen LogP) is 2.91. The summed E-state index contributed by atoms with van der Waals surface area (Å²) in [5.74, 6) is 0.721. The van der Waals surface area contributed by atoms with Crippen LogP contribution in [-0.4, -0.2) is 57.7 Å². The number of aromatic nitrogens is 3. The molecule has 0 unspecified atom stereocenters. The van der Waals surface area contributed by atoms with Crippen molar-refractivity contribution in [3.05, 3.63) is 77.4 Å². The largest absolute Gasteiger partial charge is 0.492 e. The van der Waals surface area contributed by atoms with E-state index in [-0.39, 0.29) is 5.91 Å². The highest BCUT2D eigenvalue weighted by atomic mass is 16.5. The van der Waals surface area contributed by atoms with E-state index in [9.17, 15) is 4.79 Å². The van der Waals surface area contributed by atoms with Crippen LogP contribution in [-0.2, 0) is 20.1 Å². The molecule has 158 valence electrons. The van der Waals surface area contributed by atoms with Crippen molar-refractivity contribution in [1.29, 1.82) is 0 Å². The maximum atomic E-state index is 13.3. The number of likely N-dealkylation sites (N-methyl/N-ethyl adjacent to an activating group) is 1. The topological polar surface area (TPSA) is 63.5 Å². The molecule has 0 saturated heterocycles. The molecule has 0 N–H and O–H groups in total. The molecule has 3 aromatic rings. The third-order valence-electron chi connectivity index (χ3n) is 4.67. The highest BCUT2D eigenvalue weighted by molar-refractivity contribution is 5.92. The zero-order chi connectivity index (χ0) is 21.5. The maximum Gasteiger partial charge on any atom is 0.272 e. The van der Waals surface area contributed by atoms with Gasteiger partial charge in [-0.25, -0.2) is 0 Å². The first-order valence-electron chi connectivity index (χ1n) is 9.98. The molecule has 7 heteroatoms. The van der Waals surface area contributed by atoms with Crippen LogP contribution < -0.4 is 4.74 Å². The minimum atomic E-state index is -0.0808. The van der Waals surface area contributed by atoms with Gasteiger partial charge in [0.1, 0.15) is 18.1 Å². The van der Waals surface area contributed by atoms with Crippen molar-refractivity contribution in [3.63, 3.8) is 0 Å². The first kappa shape index (κ1) is 21.5. The number of benzene rings is 1. The first-order valence-corrected chi connectivity index (χ1v) is 9.98. The summed E-state index contributed by atoms with van der Waals surface area (Å²) in [5.41, 5.74) is 3.21. The molecule has 0 spiro atoms. The van der Waals surface area contributed by atoms with E-state index in [1.54, 1.807) is 22.8 Å². The normalized spacial score (nSPS) is 11.0. The zero-order valence-electron chi connectivity index (χ0n) is 18.1. The van der Waals surface area contributed by atoms with Gasteiger partial charge in [-0.2, -0.15) is 5.10 Å². The van der Waals surface area contributed by atoms with Crippen molar-refractivity contribution in [1.82, 2.24) is 24.6 Å². The van der Waals surface area contributed by atoms with Crippen LogP contribution in [0.5, 0.6) is 5.75 Å². The Morgan fingerprint density at radius 3 is 2.60 bits per heavy atom. The molecular weight excluding hydrogens is 378 g/mol. The molecule has 0 bridgehead atoms. The van der Waals surface area contributed by atoms with E-state index >= 15 is 0 Å². The second-order valence-electron chi connectivity index (χ2n) is 7.58. The highest BCUT2D eigenvalue weighted by Gasteiger charge is 2.21. The molecule has 30 heavy (non-hydrogen) atoms. The highest BCUT2D eigenvalue weighted by Crippen LogP contribution is 2.18. The molecule has 0 fully saturated rings. The molecule has 1 aromatic carbocycles. The fourth-order valence-corrected chi connectivity index (χ4v) is 3.16. The van der Waals surface area contributed by atoms with E-state index in [0.29, 0.717) is 25.4 Å². The zero-order valence-corrected chi connectivity index (χ0v) is 18.1. The minimum absolute atomic E-state index is 0.0808. The number of hydrogen-bond donors (Lipinski definition) is 0. The quantitative estimate of drug-likeness (QED) is 0.546. The van der Waals surface area contributed by atoms with Gasteiger partial charge >= 0.3 is 0 Å². The molecule has 0 saturated carbocycles. The molecule has 0 aliphatic heterocycles. The maximum absolute atomic E-state index is 13.3. The fourth-order valence-electron chi connectivity index (χ4n) is 3.16. The number of aryl methyl sites for hydroxylation is 2. The third kappa shape index (κ3) is 5.90. The molecular formula is C23H29N5O2. The summed E-state index contributed by atoms with van der Waals surface area (Å²) in [6.07, 6.45) is 1.74. The lowest BCUT2D eigenvalue weighted by Gasteiger charge is -2.23. The van der Waals surface area contributed by atoms with Crippen LogP contribution in [0.25, 0.3) is 0 Å². The van der Waals surface area contributed by atoms with Crippen LogP contribution in [0.3, 0.4) is 0 Å². The van der Waals surface area contributed by atoms with Crippen LogP contribution in [0.1, 0.15) is 27.4 Å². The number of nitrogens with zero attached hydrogens (tertiary/aromatic N) is 5. The van der Waals surface area contributed by atoms with Gasteiger partial charge in [-0.15, -0.1) is 0 Å². The number of amides is 1. The Morgan fingerprint density at radius 1 is 1.10 bits per heavy atom. The number of pyridine rings is 1. The molecule has 0 aliphatic carbocycles. The average Bonchev–Trinajstić information content (AvgIpc) is 3.06. The Hall–Kier alpha value is -3.19. The summed E-state index contributed by atoms with van der Waals surface area (Å²) in [4.78, 5) is 21.6. The molecule has 0 aliphatic rings. The van der Waals surface area contributed by atoms with Crippen molar-refractivity contribution < 1.29 is 9.53 Å². The van der Waals surface area contributed by atoms with E-state index in [4.69, 9.17) is 4.74 Å². The summed E-state index contributed by atoms with van der Waals surface area (Å²) in [5, 5.41) is 4.32. The summed E-state index contributed by atoms with van der Waals surface area (Å²) in [6.45, 7) is 4.20.